The number of hydrogen-bond donors (Lipinski definition) is 1. The van der Waals surface area contributed by atoms with Crippen LogP contribution in [0.15, 0.2) is 24.3 Å². The van der Waals surface area contributed by atoms with Crippen LogP contribution in [0.25, 0.3) is 0 Å². The van der Waals surface area contributed by atoms with Crippen molar-refractivity contribution in [1.82, 2.24) is 10.2 Å². The lowest BCUT2D eigenvalue weighted by molar-refractivity contribution is 0.191. The van der Waals surface area contributed by atoms with Crippen molar-refractivity contribution in [3.05, 3.63) is 35.4 Å². The van der Waals surface area contributed by atoms with E-state index in [0.29, 0.717) is 6.04 Å². The van der Waals surface area contributed by atoms with Gasteiger partial charge in [-0.15, -0.1) is 0 Å². The molecule has 0 saturated carbocycles. The van der Waals surface area contributed by atoms with Crippen molar-refractivity contribution < 1.29 is 0 Å². The lowest BCUT2D eigenvalue weighted by Crippen LogP contribution is -2.39. The van der Waals surface area contributed by atoms with E-state index < -0.39 is 0 Å². The summed E-state index contributed by atoms with van der Waals surface area (Å²) >= 11 is 2.06. The van der Waals surface area contributed by atoms with E-state index >= 15 is 0 Å². The Balaban J connectivity index is 1.47. The van der Waals surface area contributed by atoms with Crippen molar-refractivity contribution in [2.24, 2.45) is 5.92 Å². The van der Waals surface area contributed by atoms with Gasteiger partial charge in [0.25, 0.3) is 0 Å². The second kappa shape index (κ2) is 6.97. The average molecular weight is 290 g/mol. The zero-order valence-corrected chi connectivity index (χ0v) is 13.3. The highest BCUT2D eigenvalue weighted by Crippen LogP contribution is 2.31. The van der Waals surface area contributed by atoms with Gasteiger partial charge in [-0.1, -0.05) is 31.2 Å². The average Bonchev–Trinajstić information content (AvgIpc) is 2.49. The van der Waals surface area contributed by atoms with E-state index in [9.17, 15) is 0 Å². The van der Waals surface area contributed by atoms with E-state index in [1.807, 2.05) is 0 Å². The topological polar surface area (TPSA) is 15.3 Å². The summed E-state index contributed by atoms with van der Waals surface area (Å²) in [6, 6.07) is 9.47. The molecule has 110 valence electrons. The van der Waals surface area contributed by atoms with Gasteiger partial charge in [-0.2, -0.15) is 11.8 Å². The van der Waals surface area contributed by atoms with Crippen LogP contribution in [0, 0.1) is 5.92 Å². The molecule has 1 unspecified atom stereocenters. The molecule has 1 atom stereocenters. The van der Waals surface area contributed by atoms with Crippen LogP contribution in [0.4, 0.5) is 0 Å². The quantitative estimate of drug-likeness (QED) is 0.916. The maximum atomic E-state index is 3.77. The zero-order chi connectivity index (χ0) is 13.8. The Kier molecular flexibility index (Phi) is 5.03. The number of rotatable bonds is 4. The first kappa shape index (κ1) is 14.4. The molecule has 2 heterocycles. The smallest absolute Gasteiger partial charge is 0.0415 e. The minimum absolute atomic E-state index is 0.550. The molecule has 3 heteroatoms. The first-order valence-corrected chi connectivity index (χ1v) is 9.09. The van der Waals surface area contributed by atoms with E-state index in [1.165, 1.54) is 55.1 Å². The zero-order valence-electron chi connectivity index (χ0n) is 12.5. The molecule has 0 amide bonds. The van der Waals surface area contributed by atoms with Gasteiger partial charge in [0, 0.05) is 30.6 Å². The largest absolute Gasteiger partial charge is 0.308 e. The van der Waals surface area contributed by atoms with Crippen LogP contribution in [0.1, 0.15) is 36.9 Å². The third kappa shape index (κ3) is 3.57. The third-order valence-corrected chi connectivity index (χ3v) is 5.75. The molecule has 1 aromatic carbocycles. The molecule has 0 radical (unpaired) electrons. The van der Waals surface area contributed by atoms with E-state index in [-0.39, 0.29) is 0 Å². The molecule has 2 aliphatic rings. The fourth-order valence-electron chi connectivity index (χ4n) is 3.23. The predicted molar refractivity (Wildman–Crippen MR) is 88.2 cm³/mol. The first-order valence-electron chi connectivity index (χ1n) is 7.94. The number of nitrogens with one attached hydrogen (secondary N) is 1. The van der Waals surface area contributed by atoms with Crippen molar-refractivity contribution in [1.29, 1.82) is 0 Å². The van der Waals surface area contributed by atoms with Crippen molar-refractivity contribution in [2.45, 2.75) is 31.6 Å². The molecule has 3 rings (SSSR count). The third-order valence-electron chi connectivity index (χ3n) is 4.67. The Hall–Kier alpha value is -0.510. The van der Waals surface area contributed by atoms with Crippen LogP contribution in [-0.2, 0) is 5.75 Å². The normalized spacial score (nSPS) is 24.6. The van der Waals surface area contributed by atoms with Crippen LogP contribution >= 0.6 is 11.8 Å². The van der Waals surface area contributed by atoms with Crippen molar-refractivity contribution in [3.8, 4) is 0 Å². The van der Waals surface area contributed by atoms with Gasteiger partial charge in [-0.05, 0) is 43.0 Å². The molecule has 20 heavy (non-hydrogen) atoms. The molecule has 0 aliphatic carbocycles. The van der Waals surface area contributed by atoms with Gasteiger partial charge in [0.05, 0.1) is 0 Å². The Morgan fingerprint density at radius 1 is 1.25 bits per heavy atom. The summed E-state index contributed by atoms with van der Waals surface area (Å²) in [7, 11) is 0. The van der Waals surface area contributed by atoms with E-state index in [1.54, 1.807) is 0 Å². The van der Waals surface area contributed by atoms with Gasteiger partial charge >= 0.3 is 0 Å². The highest BCUT2D eigenvalue weighted by atomic mass is 32.2. The Labute approximate surface area is 127 Å². The van der Waals surface area contributed by atoms with Crippen LogP contribution in [0.2, 0.25) is 0 Å². The number of benzene rings is 1. The van der Waals surface area contributed by atoms with Crippen LogP contribution in [0.3, 0.4) is 0 Å². The number of hydrogen-bond acceptors (Lipinski definition) is 3. The Bertz CT molecular complexity index is 427. The van der Waals surface area contributed by atoms with Gasteiger partial charge in [-0.3, -0.25) is 0 Å². The van der Waals surface area contributed by atoms with E-state index in [0.717, 1.165) is 12.5 Å². The molecule has 2 aliphatic heterocycles. The minimum atomic E-state index is 0.550. The van der Waals surface area contributed by atoms with Crippen LogP contribution in [-0.4, -0.2) is 36.8 Å². The van der Waals surface area contributed by atoms with Gasteiger partial charge in [-0.25, -0.2) is 0 Å². The summed E-state index contributed by atoms with van der Waals surface area (Å²) in [4.78, 5) is 2.62. The molecule has 2 nitrogen and oxygen atoms in total. The number of nitrogens with zero attached hydrogens (tertiary/aromatic N) is 1. The lowest BCUT2D eigenvalue weighted by atomic mass is 9.99. The summed E-state index contributed by atoms with van der Waals surface area (Å²) in [5.74, 6) is 3.33. The van der Waals surface area contributed by atoms with E-state index in [2.05, 4.69) is 53.2 Å². The molecule has 1 N–H and O–H groups in total. The number of piperidine rings is 1. The first-order chi connectivity index (χ1) is 9.83. The van der Waals surface area contributed by atoms with Gasteiger partial charge in [0.2, 0.25) is 0 Å². The monoisotopic (exact) mass is 290 g/mol. The van der Waals surface area contributed by atoms with Crippen LogP contribution < -0.4 is 5.32 Å². The molecular formula is C17H26N2S. The van der Waals surface area contributed by atoms with E-state index in [4.69, 9.17) is 0 Å². The van der Waals surface area contributed by atoms with Crippen molar-refractivity contribution >= 4 is 11.8 Å². The lowest BCUT2D eigenvalue weighted by Gasteiger charge is -2.31. The number of thioether (sulfide) groups is 1. The van der Waals surface area contributed by atoms with Gasteiger partial charge in [0.1, 0.15) is 0 Å². The summed E-state index contributed by atoms with van der Waals surface area (Å²) < 4.78 is 0. The molecule has 1 saturated heterocycles. The van der Waals surface area contributed by atoms with Crippen molar-refractivity contribution in [3.63, 3.8) is 0 Å². The summed E-state index contributed by atoms with van der Waals surface area (Å²) in [5, 5.41) is 3.77. The van der Waals surface area contributed by atoms with Crippen molar-refractivity contribution in [2.75, 3.05) is 31.9 Å². The number of likely N-dealkylation sites (tertiary alicyclic amines) is 1. The molecular weight excluding hydrogens is 264 g/mol. The highest BCUT2D eigenvalue weighted by molar-refractivity contribution is 7.98. The molecule has 1 fully saturated rings. The second-order valence-corrected chi connectivity index (χ2v) is 7.28. The predicted octanol–water partition coefficient (Wildman–Crippen LogP) is 3.30. The maximum absolute atomic E-state index is 3.77. The summed E-state index contributed by atoms with van der Waals surface area (Å²) in [6.45, 7) is 7.29. The summed E-state index contributed by atoms with van der Waals surface area (Å²) in [6.07, 6.45) is 2.75. The second-order valence-electron chi connectivity index (χ2n) is 6.24. The van der Waals surface area contributed by atoms with Gasteiger partial charge < -0.3 is 10.2 Å². The SMILES string of the molecule is CC1CCN(CCNC2CSCc3ccccc32)CC1. The maximum Gasteiger partial charge on any atom is 0.0415 e. The highest BCUT2D eigenvalue weighted by Gasteiger charge is 2.20. The molecule has 0 aromatic heterocycles. The number of fused-ring (bicyclic) bond motifs is 1. The molecule has 0 bridgehead atoms. The Morgan fingerprint density at radius 2 is 2.05 bits per heavy atom. The molecule has 0 spiro atoms. The van der Waals surface area contributed by atoms with Crippen LogP contribution in [0.5, 0.6) is 0 Å². The summed E-state index contributed by atoms with van der Waals surface area (Å²) in [5.41, 5.74) is 3.05. The Morgan fingerprint density at radius 3 is 2.90 bits per heavy atom. The fourth-order valence-corrected chi connectivity index (χ4v) is 4.37. The molecule has 1 aromatic rings. The fraction of sp³-hybridized carbons (Fsp3) is 0.647. The minimum Gasteiger partial charge on any atom is -0.308 e. The van der Waals surface area contributed by atoms with Gasteiger partial charge in [0.15, 0.2) is 0 Å². The standard InChI is InChI=1S/C17H26N2S/c1-14-6-9-19(10-7-14)11-8-18-17-13-20-12-15-4-2-3-5-16(15)17/h2-5,14,17-18H,6-13H2,1H3.